The summed E-state index contributed by atoms with van der Waals surface area (Å²) in [5, 5.41) is 0.0805. The van der Waals surface area contributed by atoms with Gasteiger partial charge in [-0.1, -0.05) is 17.7 Å². The summed E-state index contributed by atoms with van der Waals surface area (Å²) < 4.78 is 28.3. The van der Waals surface area contributed by atoms with Crippen LogP contribution in [-0.2, 0) is 13.8 Å². The molecule has 1 fully saturated rings. The topological polar surface area (TPSA) is 63.7 Å². The summed E-state index contributed by atoms with van der Waals surface area (Å²) in [5.74, 6) is -0.170. The van der Waals surface area contributed by atoms with Gasteiger partial charge in [-0.3, -0.25) is 4.79 Å². The van der Waals surface area contributed by atoms with Gasteiger partial charge in [0.25, 0.3) is 15.0 Å². The first kappa shape index (κ1) is 16.5. The fourth-order valence-corrected chi connectivity index (χ4v) is 3.84. The molecule has 0 bridgehead atoms. The maximum absolute atomic E-state index is 12.6. The summed E-state index contributed by atoms with van der Waals surface area (Å²) >= 11 is 6.01. The standard InChI is InChI=1S/C13H15Cl2NO4S/c1-20-8-9-5-6-16(7-9)13(17)12-10(14)3-2-4-11(12)21(15,18)19/h2-4,9H,5-8H2,1H3. The number of rotatable bonds is 4. The number of likely N-dealkylation sites (tertiary alicyclic amines) is 1. The van der Waals surface area contributed by atoms with E-state index in [4.69, 9.17) is 27.0 Å². The number of halogens is 2. The molecule has 0 aliphatic carbocycles. The highest BCUT2D eigenvalue weighted by atomic mass is 35.7. The molecule has 0 spiro atoms. The van der Waals surface area contributed by atoms with Crippen molar-refractivity contribution in [2.75, 3.05) is 26.8 Å². The summed E-state index contributed by atoms with van der Waals surface area (Å²) in [6, 6.07) is 4.21. The maximum atomic E-state index is 12.6. The van der Waals surface area contributed by atoms with Crippen LogP contribution in [0.25, 0.3) is 0 Å². The third kappa shape index (κ3) is 3.69. The van der Waals surface area contributed by atoms with E-state index in [9.17, 15) is 13.2 Å². The quantitative estimate of drug-likeness (QED) is 0.781. The molecule has 0 radical (unpaired) electrons. The van der Waals surface area contributed by atoms with Crippen LogP contribution in [0.3, 0.4) is 0 Å². The van der Waals surface area contributed by atoms with Gasteiger partial charge in [-0.25, -0.2) is 8.42 Å². The molecule has 0 aromatic heterocycles. The fraction of sp³-hybridized carbons (Fsp3) is 0.462. The number of carbonyl (C=O) groups is 1. The SMILES string of the molecule is COCC1CCN(C(=O)c2c(Cl)cccc2S(=O)(=O)Cl)C1. The van der Waals surface area contributed by atoms with E-state index in [0.717, 1.165) is 6.42 Å². The molecule has 21 heavy (non-hydrogen) atoms. The van der Waals surface area contributed by atoms with Crippen molar-refractivity contribution in [3.63, 3.8) is 0 Å². The Bertz CT molecular complexity index is 648. The molecule has 5 nitrogen and oxygen atoms in total. The number of nitrogens with zero attached hydrogens (tertiary/aromatic N) is 1. The first-order valence-electron chi connectivity index (χ1n) is 6.36. The number of hydrogen-bond donors (Lipinski definition) is 0. The van der Waals surface area contributed by atoms with E-state index in [1.165, 1.54) is 18.2 Å². The second kappa shape index (κ2) is 6.52. The van der Waals surface area contributed by atoms with Crippen LogP contribution in [-0.4, -0.2) is 46.0 Å². The Labute approximate surface area is 133 Å². The van der Waals surface area contributed by atoms with E-state index < -0.39 is 15.0 Å². The van der Waals surface area contributed by atoms with Crippen molar-refractivity contribution in [3.8, 4) is 0 Å². The first-order valence-corrected chi connectivity index (χ1v) is 9.04. The molecule has 8 heteroatoms. The predicted octanol–water partition coefficient (Wildman–Crippen LogP) is 2.38. The van der Waals surface area contributed by atoms with Crippen LogP contribution in [0.5, 0.6) is 0 Å². The van der Waals surface area contributed by atoms with E-state index in [1.807, 2.05) is 0 Å². The van der Waals surface area contributed by atoms with Gasteiger partial charge in [-0.2, -0.15) is 0 Å². The molecule has 116 valence electrons. The van der Waals surface area contributed by atoms with Crippen molar-refractivity contribution in [2.24, 2.45) is 5.92 Å². The second-order valence-electron chi connectivity index (χ2n) is 4.91. The Morgan fingerprint density at radius 1 is 1.48 bits per heavy atom. The molecule has 1 aromatic rings. The molecule has 1 aliphatic heterocycles. The zero-order valence-corrected chi connectivity index (χ0v) is 13.7. The van der Waals surface area contributed by atoms with Crippen LogP contribution >= 0.6 is 22.3 Å². The average Bonchev–Trinajstić information content (AvgIpc) is 2.86. The van der Waals surface area contributed by atoms with E-state index in [0.29, 0.717) is 19.7 Å². The number of ether oxygens (including phenoxy) is 1. The van der Waals surface area contributed by atoms with Crippen molar-refractivity contribution in [3.05, 3.63) is 28.8 Å². The first-order chi connectivity index (χ1) is 9.84. The highest BCUT2D eigenvalue weighted by Gasteiger charge is 2.31. The second-order valence-corrected chi connectivity index (χ2v) is 7.85. The zero-order valence-electron chi connectivity index (χ0n) is 11.4. The van der Waals surface area contributed by atoms with Gasteiger partial charge in [0.15, 0.2) is 0 Å². The Morgan fingerprint density at radius 3 is 2.81 bits per heavy atom. The van der Waals surface area contributed by atoms with Gasteiger partial charge in [-0.05, 0) is 18.6 Å². The van der Waals surface area contributed by atoms with Crippen molar-refractivity contribution in [2.45, 2.75) is 11.3 Å². The van der Waals surface area contributed by atoms with E-state index in [-0.39, 0.29) is 21.4 Å². The number of hydrogen-bond acceptors (Lipinski definition) is 4. The summed E-state index contributed by atoms with van der Waals surface area (Å²) in [6.45, 7) is 1.62. The average molecular weight is 352 g/mol. The molecule has 1 atom stereocenters. The third-order valence-electron chi connectivity index (χ3n) is 3.43. The van der Waals surface area contributed by atoms with Gasteiger partial charge in [-0.15, -0.1) is 0 Å². The Balaban J connectivity index is 2.32. The van der Waals surface area contributed by atoms with Gasteiger partial charge in [0.2, 0.25) is 0 Å². The Kier molecular flexibility index (Phi) is 5.14. The molecule has 1 amide bonds. The predicted molar refractivity (Wildman–Crippen MR) is 80.4 cm³/mol. The molecule has 0 saturated carbocycles. The third-order valence-corrected chi connectivity index (χ3v) is 5.11. The van der Waals surface area contributed by atoms with Crippen molar-refractivity contribution >= 4 is 37.2 Å². The maximum Gasteiger partial charge on any atom is 0.262 e. The van der Waals surface area contributed by atoms with Crippen LogP contribution in [0.2, 0.25) is 5.02 Å². The minimum atomic E-state index is -4.04. The monoisotopic (exact) mass is 351 g/mol. The largest absolute Gasteiger partial charge is 0.384 e. The minimum Gasteiger partial charge on any atom is -0.384 e. The van der Waals surface area contributed by atoms with Gasteiger partial charge in [0, 0.05) is 36.8 Å². The van der Waals surface area contributed by atoms with E-state index >= 15 is 0 Å². The summed E-state index contributed by atoms with van der Waals surface area (Å²) in [5.41, 5.74) is -0.0627. The zero-order chi connectivity index (χ0) is 15.6. The van der Waals surface area contributed by atoms with Gasteiger partial charge in [0.1, 0.15) is 0 Å². The van der Waals surface area contributed by atoms with Gasteiger partial charge >= 0.3 is 0 Å². The summed E-state index contributed by atoms with van der Waals surface area (Å²) in [7, 11) is 2.96. The molecule has 1 heterocycles. The van der Waals surface area contributed by atoms with Crippen LogP contribution in [0.1, 0.15) is 16.8 Å². The van der Waals surface area contributed by atoms with Crippen LogP contribution in [0, 0.1) is 5.92 Å². The number of amides is 1. The van der Waals surface area contributed by atoms with Crippen molar-refractivity contribution in [1.29, 1.82) is 0 Å². The fourth-order valence-electron chi connectivity index (χ4n) is 2.46. The summed E-state index contributed by atoms with van der Waals surface area (Å²) in [4.78, 5) is 13.9. The number of benzene rings is 1. The van der Waals surface area contributed by atoms with Crippen LogP contribution in [0.15, 0.2) is 23.1 Å². The smallest absolute Gasteiger partial charge is 0.262 e. The van der Waals surface area contributed by atoms with Gasteiger partial charge in [0.05, 0.1) is 22.1 Å². The summed E-state index contributed by atoms with van der Waals surface area (Å²) in [6.07, 6.45) is 0.812. The lowest BCUT2D eigenvalue weighted by molar-refractivity contribution is 0.0772. The van der Waals surface area contributed by atoms with Crippen molar-refractivity contribution in [1.82, 2.24) is 4.90 Å². The molecular formula is C13H15Cl2NO4S. The van der Waals surface area contributed by atoms with Gasteiger partial charge < -0.3 is 9.64 Å². The Hall–Kier alpha value is -0.820. The highest BCUT2D eigenvalue weighted by Crippen LogP contribution is 2.29. The minimum absolute atomic E-state index is 0.0627. The lowest BCUT2D eigenvalue weighted by atomic mass is 10.1. The molecule has 2 rings (SSSR count). The van der Waals surface area contributed by atoms with Crippen LogP contribution in [0.4, 0.5) is 0 Å². The molecule has 1 unspecified atom stereocenters. The number of carbonyl (C=O) groups excluding carboxylic acids is 1. The van der Waals surface area contributed by atoms with E-state index in [2.05, 4.69) is 0 Å². The lowest BCUT2D eigenvalue weighted by Gasteiger charge is -2.18. The lowest BCUT2D eigenvalue weighted by Crippen LogP contribution is -2.30. The molecule has 1 aromatic carbocycles. The highest BCUT2D eigenvalue weighted by molar-refractivity contribution is 8.13. The molecule has 1 aliphatic rings. The van der Waals surface area contributed by atoms with Crippen molar-refractivity contribution < 1.29 is 17.9 Å². The molecule has 1 saturated heterocycles. The Morgan fingerprint density at radius 2 is 2.19 bits per heavy atom. The normalized spacial score (nSPS) is 19.0. The van der Waals surface area contributed by atoms with E-state index in [1.54, 1.807) is 12.0 Å². The number of methoxy groups -OCH3 is 1. The van der Waals surface area contributed by atoms with Crippen LogP contribution < -0.4 is 0 Å². The molecule has 0 N–H and O–H groups in total. The molecular weight excluding hydrogens is 337 g/mol.